The van der Waals surface area contributed by atoms with E-state index in [1.807, 2.05) is 24.3 Å². The Morgan fingerprint density at radius 2 is 1.92 bits per heavy atom. The molecule has 0 aliphatic heterocycles. The van der Waals surface area contributed by atoms with Crippen LogP contribution in [0.1, 0.15) is 11.1 Å². The fourth-order valence-corrected chi connectivity index (χ4v) is 1.04. The van der Waals surface area contributed by atoms with Gasteiger partial charge in [0.2, 0.25) is 0 Å². The molecule has 0 atom stereocenters. The molecule has 0 heterocycles. The maximum Gasteiger partial charge on any atom is 0.142 e. The van der Waals surface area contributed by atoms with E-state index in [9.17, 15) is 4.79 Å². The predicted octanol–water partition coefficient (Wildman–Crippen LogP) is 1.53. The summed E-state index contributed by atoms with van der Waals surface area (Å²) in [5.74, 6) is 0. The molecule has 66 valence electrons. The number of hydrogen-bond donors (Lipinski definition) is 1. The number of benzene rings is 1. The van der Waals surface area contributed by atoms with Gasteiger partial charge < -0.3 is 5.73 Å². The third kappa shape index (κ3) is 2.80. The zero-order valence-electron chi connectivity index (χ0n) is 6.94. The largest absolute Gasteiger partial charge is 0.389 e. The van der Waals surface area contributed by atoms with E-state index in [-0.39, 0.29) is 0 Å². The fraction of sp³-hybridized carbons (Fsp3) is 0. The van der Waals surface area contributed by atoms with E-state index in [4.69, 9.17) is 18.0 Å². The Hall–Kier alpha value is -1.48. The van der Waals surface area contributed by atoms with Crippen LogP contribution in [0.4, 0.5) is 0 Å². The molecule has 2 nitrogen and oxygen atoms in total. The van der Waals surface area contributed by atoms with Crippen LogP contribution in [-0.4, -0.2) is 11.3 Å². The molecular formula is C10H9NOS. The van der Waals surface area contributed by atoms with Crippen LogP contribution in [-0.2, 0) is 4.79 Å². The molecule has 0 aromatic heterocycles. The first-order chi connectivity index (χ1) is 6.24. The van der Waals surface area contributed by atoms with Crippen LogP contribution in [0, 0.1) is 0 Å². The summed E-state index contributed by atoms with van der Waals surface area (Å²) < 4.78 is 0. The maximum absolute atomic E-state index is 10.0. The Kier molecular flexibility index (Phi) is 3.34. The lowest BCUT2D eigenvalue weighted by atomic mass is 10.1. The minimum atomic E-state index is 0.380. The average Bonchev–Trinajstić information content (AvgIpc) is 2.15. The molecule has 0 fully saturated rings. The second kappa shape index (κ2) is 4.52. The summed E-state index contributed by atoms with van der Waals surface area (Å²) in [7, 11) is 0. The smallest absolute Gasteiger partial charge is 0.142 e. The van der Waals surface area contributed by atoms with Crippen molar-refractivity contribution in [2.45, 2.75) is 0 Å². The van der Waals surface area contributed by atoms with Crippen LogP contribution in [0.5, 0.6) is 0 Å². The molecule has 0 unspecified atom stereocenters. The molecule has 0 radical (unpaired) electrons. The van der Waals surface area contributed by atoms with Gasteiger partial charge in [0.15, 0.2) is 0 Å². The molecule has 3 heteroatoms. The normalized spacial score (nSPS) is 10.2. The highest BCUT2D eigenvalue weighted by Gasteiger charge is 1.93. The lowest BCUT2D eigenvalue weighted by Gasteiger charge is -1.97. The Bertz CT molecular complexity index is 340. The molecule has 0 aliphatic rings. The first-order valence-electron chi connectivity index (χ1n) is 3.76. The standard InChI is InChI=1S/C10H9NOS/c11-10(13)9-5-3-8(4-6-9)2-1-7-12/h1-7H,(H2,11,13). The maximum atomic E-state index is 10.0. The zero-order chi connectivity index (χ0) is 9.68. The molecule has 0 saturated heterocycles. The van der Waals surface area contributed by atoms with Gasteiger partial charge in [-0.25, -0.2) is 0 Å². The van der Waals surface area contributed by atoms with Crippen LogP contribution in [0.15, 0.2) is 30.3 Å². The third-order valence-corrected chi connectivity index (χ3v) is 1.80. The monoisotopic (exact) mass is 191 g/mol. The van der Waals surface area contributed by atoms with Crippen molar-refractivity contribution in [1.82, 2.24) is 0 Å². The van der Waals surface area contributed by atoms with E-state index in [1.54, 1.807) is 6.08 Å². The quantitative estimate of drug-likeness (QED) is 0.447. The van der Waals surface area contributed by atoms with Crippen molar-refractivity contribution in [3.63, 3.8) is 0 Å². The van der Waals surface area contributed by atoms with Gasteiger partial charge in [0.1, 0.15) is 11.3 Å². The zero-order valence-corrected chi connectivity index (χ0v) is 7.75. The number of thiocarbonyl (C=S) groups is 1. The number of carbonyl (C=O) groups is 1. The summed E-state index contributed by atoms with van der Waals surface area (Å²) in [5.41, 5.74) is 7.20. The minimum Gasteiger partial charge on any atom is -0.389 e. The number of carbonyl (C=O) groups excluding carboxylic acids is 1. The second-order valence-electron chi connectivity index (χ2n) is 2.48. The minimum absolute atomic E-state index is 0.380. The highest BCUT2D eigenvalue weighted by Crippen LogP contribution is 2.05. The van der Waals surface area contributed by atoms with Gasteiger partial charge in [-0.1, -0.05) is 42.6 Å². The molecule has 0 saturated carbocycles. The molecule has 1 aromatic carbocycles. The highest BCUT2D eigenvalue weighted by atomic mass is 32.1. The van der Waals surface area contributed by atoms with Gasteiger partial charge in [0, 0.05) is 5.56 Å². The Morgan fingerprint density at radius 3 is 2.38 bits per heavy atom. The first-order valence-corrected chi connectivity index (χ1v) is 4.16. The number of aldehydes is 1. The van der Waals surface area contributed by atoms with Gasteiger partial charge in [-0.3, -0.25) is 4.79 Å². The second-order valence-corrected chi connectivity index (χ2v) is 2.92. The van der Waals surface area contributed by atoms with Gasteiger partial charge in [-0.05, 0) is 11.6 Å². The van der Waals surface area contributed by atoms with Crippen molar-refractivity contribution < 1.29 is 4.79 Å². The Balaban J connectivity index is 2.87. The molecule has 1 rings (SSSR count). The molecule has 0 spiro atoms. The van der Waals surface area contributed by atoms with E-state index >= 15 is 0 Å². The number of rotatable bonds is 3. The SMILES string of the molecule is NC(=S)c1ccc(C=CC=O)cc1. The van der Waals surface area contributed by atoms with Gasteiger partial charge in [0.05, 0.1) is 0 Å². The Morgan fingerprint density at radius 1 is 1.31 bits per heavy atom. The van der Waals surface area contributed by atoms with Crippen LogP contribution < -0.4 is 5.73 Å². The van der Waals surface area contributed by atoms with Crippen LogP contribution >= 0.6 is 12.2 Å². The van der Waals surface area contributed by atoms with Crippen molar-refractivity contribution in [1.29, 1.82) is 0 Å². The molecule has 0 aliphatic carbocycles. The van der Waals surface area contributed by atoms with Gasteiger partial charge in [-0.2, -0.15) is 0 Å². The highest BCUT2D eigenvalue weighted by molar-refractivity contribution is 7.80. The van der Waals surface area contributed by atoms with Gasteiger partial charge in [0.25, 0.3) is 0 Å². The van der Waals surface area contributed by atoms with E-state index in [0.717, 1.165) is 17.4 Å². The number of nitrogens with two attached hydrogens (primary N) is 1. The molecule has 13 heavy (non-hydrogen) atoms. The summed E-state index contributed by atoms with van der Waals surface area (Å²) in [5, 5.41) is 0. The summed E-state index contributed by atoms with van der Waals surface area (Å²) in [6.07, 6.45) is 3.90. The molecular weight excluding hydrogens is 182 g/mol. The third-order valence-electron chi connectivity index (χ3n) is 1.56. The lowest BCUT2D eigenvalue weighted by molar-refractivity contribution is -0.104. The van der Waals surface area contributed by atoms with Crippen molar-refractivity contribution >= 4 is 29.6 Å². The van der Waals surface area contributed by atoms with Gasteiger partial charge >= 0.3 is 0 Å². The molecule has 0 amide bonds. The summed E-state index contributed by atoms with van der Waals surface area (Å²) in [4.78, 5) is 10.4. The predicted molar refractivity (Wildman–Crippen MR) is 57.4 cm³/mol. The first kappa shape index (κ1) is 9.61. The average molecular weight is 191 g/mol. The molecule has 2 N–H and O–H groups in total. The Labute approximate surface area is 82.1 Å². The van der Waals surface area contributed by atoms with E-state index < -0.39 is 0 Å². The molecule has 1 aromatic rings. The van der Waals surface area contributed by atoms with Gasteiger partial charge in [-0.15, -0.1) is 0 Å². The van der Waals surface area contributed by atoms with Crippen molar-refractivity contribution in [3.8, 4) is 0 Å². The van der Waals surface area contributed by atoms with Crippen LogP contribution in [0.25, 0.3) is 6.08 Å². The topological polar surface area (TPSA) is 43.1 Å². The summed E-state index contributed by atoms with van der Waals surface area (Å²) in [6, 6.07) is 7.36. The lowest BCUT2D eigenvalue weighted by Crippen LogP contribution is -2.08. The van der Waals surface area contributed by atoms with E-state index in [1.165, 1.54) is 6.08 Å². The van der Waals surface area contributed by atoms with Crippen LogP contribution in [0.2, 0.25) is 0 Å². The summed E-state index contributed by atoms with van der Waals surface area (Å²) >= 11 is 4.80. The van der Waals surface area contributed by atoms with Crippen molar-refractivity contribution in [2.75, 3.05) is 0 Å². The summed E-state index contributed by atoms with van der Waals surface area (Å²) in [6.45, 7) is 0. The van der Waals surface area contributed by atoms with Crippen molar-refractivity contribution in [2.24, 2.45) is 5.73 Å². The van der Waals surface area contributed by atoms with Crippen molar-refractivity contribution in [3.05, 3.63) is 41.5 Å². The van der Waals surface area contributed by atoms with E-state index in [0.29, 0.717) is 4.99 Å². The van der Waals surface area contributed by atoms with E-state index in [2.05, 4.69) is 0 Å². The molecule has 0 bridgehead atoms. The number of allylic oxidation sites excluding steroid dienone is 1. The number of hydrogen-bond acceptors (Lipinski definition) is 2. The van der Waals surface area contributed by atoms with Crippen LogP contribution in [0.3, 0.4) is 0 Å². The fourth-order valence-electron chi connectivity index (χ4n) is 0.909.